The van der Waals surface area contributed by atoms with E-state index in [2.05, 4.69) is 11.4 Å². The van der Waals surface area contributed by atoms with E-state index < -0.39 is 4.92 Å². The first-order valence-corrected chi connectivity index (χ1v) is 8.75. The van der Waals surface area contributed by atoms with E-state index in [1.54, 1.807) is 12.1 Å². The third-order valence-electron chi connectivity index (χ3n) is 4.34. The smallest absolute Gasteiger partial charge is 0.271 e. The summed E-state index contributed by atoms with van der Waals surface area (Å²) in [4.78, 5) is 24.4. The van der Waals surface area contributed by atoms with Crippen molar-refractivity contribution in [2.45, 2.75) is 6.42 Å². The van der Waals surface area contributed by atoms with Crippen molar-refractivity contribution < 1.29 is 14.8 Å². The number of nitro groups is 1. The van der Waals surface area contributed by atoms with Crippen molar-refractivity contribution in [2.24, 2.45) is 0 Å². The van der Waals surface area contributed by atoms with E-state index in [-0.39, 0.29) is 28.9 Å². The van der Waals surface area contributed by atoms with Crippen LogP contribution in [0.25, 0.3) is 5.57 Å². The number of phenols is 1. The van der Waals surface area contributed by atoms with Crippen LogP contribution in [0.5, 0.6) is 5.75 Å². The van der Waals surface area contributed by atoms with E-state index in [0.717, 1.165) is 18.5 Å². The second-order valence-corrected chi connectivity index (χ2v) is 6.64. The Hall–Kier alpha value is -2.90. The molecule has 1 heterocycles. The summed E-state index contributed by atoms with van der Waals surface area (Å²) in [5.74, 6) is 0.00518. The third kappa shape index (κ3) is 4.84. The minimum Gasteiger partial charge on any atom is -0.508 e. The van der Waals surface area contributed by atoms with E-state index in [0.29, 0.717) is 12.2 Å². The highest BCUT2D eigenvalue weighted by molar-refractivity contribution is 6.34. The van der Waals surface area contributed by atoms with Crippen LogP contribution in [0, 0.1) is 10.1 Å². The topological polar surface area (TPSA) is 95.7 Å². The van der Waals surface area contributed by atoms with Crippen molar-refractivity contribution in [1.29, 1.82) is 0 Å². The molecule has 2 aromatic rings. The van der Waals surface area contributed by atoms with Crippen LogP contribution in [0.15, 0.2) is 48.5 Å². The van der Waals surface area contributed by atoms with Crippen LogP contribution in [0.4, 0.5) is 11.4 Å². The molecule has 1 aliphatic heterocycles. The van der Waals surface area contributed by atoms with Gasteiger partial charge in [-0.05, 0) is 35.8 Å². The highest BCUT2D eigenvalue weighted by Gasteiger charge is 2.17. The highest BCUT2D eigenvalue weighted by atomic mass is 35.5. The summed E-state index contributed by atoms with van der Waals surface area (Å²) in [7, 11) is 0. The Bertz CT molecular complexity index is 896. The van der Waals surface area contributed by atoms with Crippen molar-refractivity contribution >= 4 is 34.5 Å². The first-order chi connectivity index (χ1) is 12.9. The van der Waals surface area contributed by atoms with Gasteiger partial charge in [-0.3, -0.25) is 19.8 Å². The second kappa shape index (κ2) is 8.20. The highest BCUT2D eigenvalue weighted by Crippen LogP contribution is 2.27. The van der Waals surface area contributed by atoms with Gasteiger partial charge in [-0.25, -0.2) is 0 Å². The number of nitrogens with zero attached hydrogens (tertiary/aromatic N) is 2. The molecule has 27 heavy (non-hydrogen) atoms. The summed E-state index contributed by atoms with van der Waals surface area (Å²) >= 11 is 6.00. The van der Waals surface area contributed by atoms with E-state index in [4.69, 9.17) is 11.6 Å². The number of rotatable bonds is 5. The molecule has 8 heteroatoms. The quantitative estimate of drug-likeness (QED) is 0.602. The minimum absolute atomic E-state index is 0.124. The molecule has 2 N–H and O–H groups in total. The molecular weight excluding hydrogens is 370 g/mol. The van der Waals surface area contributed by atoms with Crippen molar-refractivity contribution in [3.63, 3.8) is 0 Å². The Morgan fingerprint density at radius 1 is 1.26 bits per heavy atom. The van der Waals surface area contributed by atoms with Gasteiger partial charge in [0.1, 0.15) is 5.75 Å². The maximum absolute atomic E-state index is 12.2. The molecule has 0 saturated heterocycles. The first-order valence-electron chi connectivity index (χ1n) is 8.37. The number of amides is 1. The molecule has 3 rings (SSSR count). The van der Waals surface area contributed by atoms with E-state index >= 15 is 0 Å². The number of hydrogen-bond acceptors (Lipinski definition) is 5. The Kier molecular flexibility index (Phi) is 5.73. The molecule has 0 atom stereocenters. The summed E-state index contributed by atoms with van der Waals surface area (Å²) in [6.45, 7) is 1.57. The summed E-state index contributed by atoms with van der Waals surface area (Å²) in [5.41, 5.74) is 2.48. The number of nitro benzene ring substituents is 1. The molecule has 0 bridgehead atoms. The van der Waals surface area contributed by atoms with Crippen LogP contribution in [0.3, 0.4) is 0 Å². The van der Waals surface area contributed by atoms with Gasteiger partial charge in [0, 0.05) is 25.2 Å². The van der Waals surface area contributed by atoms with Gasteiger partial charge in [-0.1, -0.05) is 29.8 Å². The van der Waals surface area contributed by atoms with E-state index in [1.165, 1.54) is 23.8 Å². The number of hydrogen-bond donors (Lipinski definition) is 2. The van der Waals surface area contributed by atoms with Crippen LogP contribution in [-0.4, -0.2) is 40.5 Å². The number of carbonyl (C=O) groups is 1. The van der Waals surface area contributed by atoms with E-state index in [9.17, 15) is 20.0 Å². The van der Waals surface area contributed by atoms with Crippen molar-refractivity contribution in [3.05, 3.63) is 69.2 Å². The molecular formula is C19H18ClN3O4. The monoisotopic (exact) mass is 387 g/mol. The van der Waals surface area contributed by atoms with Gasteiger partial charge in [-0.2, -0.15) is 0 Å². The lowest BCUT2D eigenvalue weighted by Gasteiger charge is -2.26. The number of benzene rings is 2. The zero-order chi connectivity index (χ0) is 19.4. The summed E-state index contributed by atoms with van der Waals surface area (Å²) in [6.07, 6.45) is 2.87. The SMILES string of the molecule is O=C(CN1CC=C(c2ccc(O)cc2)CC1)Nc1ccc([N+](=O)[O-])cc1Cl. The van der Waals surface area contributed by atoms with Gasteiger partial charge in [0.2, 0.25) is 5.91 Å². The maximum Gasteiger partial charge on any atom is 0.271 e. The number of aromatic hydroxyl groups is 1. The molecule has 1 aliphatic rings. The average molecular weight is 388 g/mol. The number of carbonyl (C=O) groups excluding carboxylic acids is 1. The average Bonchev–Trinajstić information content (AvgIpc) is 2.64. The standard InChI is InChI=1S/C19H18ClN3O4/c20-17-11-15(23(26)27)3-6-18(17)21-19(25)12-22-9-7-14(8-10-22)13-1-4-16(24)5-2-13/h1-7,11,24H,8-10,12H2,(H,21,25). The van der Waals surface area contributed by atoms with Crippen LogP contribution in [-0.2, 0) is 4.79 Å². The lowest BCUT2D eigenvalue weighted by atomic mass is 9.99. The Balaban J connectivity index is 1.56. The van der Waals surface area contributed by atoms with Crippen LogP contribution in [0.2, 0.25) is 5.02 Å². The predicted octanol–water partition coefficient (Wildman–Crippen LogP) is 3.68. The van der Waals surface area contributed by atoms with Crippen molar-refractivity contribution in [1.82, 2.24) is 4.90 Å². The van der Waals surface area contributed by atoms with Gasteiger partial charge >= 0.3 is 0 Å². The number of nitrogens with one attached hydrogen (secondary N) is 1. The molecule has 0 aromatic heterocycles. The predicted molar refractivity (Wildman–Crippen MR) is 104 cm³/mol. The molecule has 0 fully saturated rings. The fraction of sp³-hybridized carbons (Fsp3) is 0.211. The largest absolute Gasteiger partial charge is 0.508 e. The number of non-ortho nitro benzene ring substituents is 1. The fourth-order valence-electron chi connectivity index (χ4n) is 2.90. The van der Waals surface area contributed by atoms with Gasteiger partial charge < -0.3 is 10.4 Å². The zero-order valence-electron chi connectivity index (χ0n) is 14.4. The molecule has 2 aromatic carbocycles. The summed E-state index contributed by atoms with van der Waals surface area (Å²) in [5, 5.41) is 22.9. The Morgan fingerprint density at radius 3 is 2.59 bits per heavy atom. The van der Waals surface area contributed by atoms with Crippen LogP contribution < -0.4 is 5.32 Å². The van der Waals surface area contributed by atoms with Crippen molar-refractivity contribution in [3.8, 4) is 5.75 Å². The van der Waals surface area contributed by atoms with Crippen LogP contribution >= 0.6 is 11.6 Å². The number of halogens is 1. The molecule has 7 nitrogen and oxygen atoms in total. The maximum atomic E-state index is 12.2. The Labute approximate surface area is 161 Å². The fourth-order valence-corrected chi connectivity index (χ4v) is 3.13. The van der Waals surface area contributed by atoms with E-state index in [1.807, 2.05) is 17.0 Å². The second-order valence-electron chi connectivity index (χ2n) is 6.23. The normalized spacial score (nSPS) is 14.5. The van der Waals surface area contributed by atoms with Crippen molar-refractivity contribution in [2.75, 3.05) is 25.0 Å². The molecule has 0 spiro atoms. The van der Waals surface area contributed by atoms with Gasteiger partial charge in [-0.15, -0.1) is 0 Å². The minimum atomic E-state index is -0.538. The van der Waals surface area contributed by atoms with Crippen LogP contribution in [0.1, 0.15) is 12.0 Å². The third-order valence-corrected chi connectivity index (χ3v) is 4.65. The molecule has 140 valence electrons. The Morgan fingerprint density at radius 2 is 2.00 bits per heavy atom. The zero-order valence-corrected chi connectivity index (χ0v) is 15.1. The summed E-state index contributed by atoms with van der Waals surface area (Å²) in [6, 6.07) is 11.0. The molecule has 0 radical (unpaired) electrons. The molecule has 0 saturated carbocycles. The number of anilines is 1. The molecule has 0 aliphatic carbocycles. The molecule has 0 unspecified atom stereocenters. The van der Waals surface area contributed by atoms with Gasteiger partial charge in [0.15, 0.2) is 0 Å². The molecule has 1 amide bonds. The first kappa shape index (κ1) is 18.9. The van der Waals surface area contributed by atoms with Gasteiger partial charge in [0.05, 0.1) is 22.2 Å². The van der Waals surface area contributed by atoms with Gasteiger partial charge in [0.25, 0.3) is 5.69 Å². The summed E-state index contributed by atoms with van der Waals surface area (Å²) < 4.78 is 0. The number of phenolic OH excluding ortho intramolecular Hbond substituents is 1. The lowest BCUT2D eigenvalue weighted by molar-refractivity contribution is -0.384. The lowest BCUT2D eigenvalue weighted by Crippen LogP contribution is -2.36.